The van der Waals surface area contributed by atoms with Crippen LogP contribution in [0.15, 0.2) is 42.5 Å². The number of esters is 1. The van der Waals surface area contributed by atoms with E-state index in [0.29, 0.717) is 35.0 Å². The number of amides is 2. The molecule has 2 aromatic rings. The zero-order valence-corrected chi connectivity index (χ0v) is 19.2. The minimum Gasteiger partial charge on any atom is -0.422 e. The summed E-state index contributed by atoms with van der Waals surface area (Å²) < 4.78 is 19.9. The summed E-state index contributed by atoms with van der Waals surface area (Å²) >= 11 is 0. The van der Waals surface area contributed by atoms with Crippen LogP contribution in [0.4, 0.5) is 4.39 Å². The summed E-state index contributed by atoms with van der Waals surface area (Å²) in [7, 11) is 4.02. The quantitative estimate of drug-likeness (QED) is 0.653. The van der Waals surface area contributed by atoms with E-state index in [9.17, 15) is 18.8 Å². The molecule has 2 fully saturated rings. The Hall–Kier alpha value is -3.52. The predicted octanol–water partition coefficient (Wildman–Crippen LogP) is 2.73. The third-order valence-corrected chi connectivity index (χ3v) is 6.86. The molecule has 2 saturated heterocycles. The maximum absolute atomic E-state index is 14.5. The van der Waals surface area contributed by atoms with E-state index in [0.717, 1.165) is 13.0 Å². The zero-order chi connectivity index (χ0) is 24.0. The highest BCUT2D eigenvalue weighted by atomic mass is 19.1. The molecule has 0 aliphatic carbocycles. The third-order valence-electron chi connectivity index (χ3n) is 6.86. The van der Waals surface area contributed by atoms with Crippen molar-refractivity contribution in [2.45, 2.75) is 12.5 Å². The number of carbonyl (C=O) groups excluding carboxylic acids is 3. The summed E-state index contributed by atoms with van der Waals surface area (Å²) in [6, 6.07) is 11.6. The largest absolute Gasteiger partial charge is 0.422 e. The van der Waals surface area contributed by atoms with Gasteiger partial charge < -0.3 is 19.4 Å². The maximum Gasteiger partial charge on any atom is 0.344 e. The van der Waals surface area contributed by atoms with Crippen molar-refractivity contribution in [2.24, 2.45) is 5.92 Å². The average Bonchev–Trinajstić information content (AvgIpc) is 3.40. The van der Waals surface area contributed by atoms with E-state index in [1.165, 1.54) is 23.1 Å². The SMILES string of the molecule is CN(C)[C@@H]1CCN(C(=O)C2CN(C(=O)c3cc(C=C4OC(=O)c5ccccc54)ccc3F)C2)C1. The fourth-order valence-electron chi connectivity index (χ4n) is 4.73. The Labute approximate surface area is 197 Å². The van der Waals surface area contributed by atoms with Gasteiger partial charge in [0.1, 0.15) is 11.6 Å². The first-order valence-corrected chi connectivity index (χ1v) is 11.4. The van der Waals surface area contributed by atoms with E-state index in [4.69, 9.17) is 4.74 Å². The van der Waals surface area contributed by atoms with Crippen LogP contribution in [-0.4, -0.2) is 78.8 Å². The number of likely N-dealkylation sites (tertiary alicyclic amines) is 2. The summed E-state index contributed by atoms with van der Waals surface area (Å²) in [5, 5.41) is 0. The smallest absolute Gasteiger partial charge is 0.344 e. The molecular formula is C26H26FN3O4. The summed E-state index contributed by atoms with van der Waals surface area (Å²) in [4.78, 5) is 43.3. The molecule has 3 heterocycles. The normalized spacial score (nSPS) is 21.1. The molecule has 0 aromatic heterocycles. The van der Waals surface area contributed by atoms with E-state index in [-0.39, 0.29) is 30.5 Å². The van der Waals surface area contributed by atoms with E-state index in [1.807, 2.05) is 19.0 Å². The molecule has 34 heavy (non-hydrogen) atoms. The minimum atomic E-state index is -0.626. The molecule has 0 radical (unpaired) electrons. The van der Waals surface area contributed by atoms with Crippen LogP contribution in [0.5, 0.6) is 0 Å². The van der Waals surface area contributed by atoms with Gasteiger partial charge in [-0.2, -0.15) is 0 Å². The average molecular weight is 464 g/mol. The van der Waals surface area contributed by atoms with E-state index >= 15 is 0 Å². The molecule has 3 aliphatic heterocycles. The second kappa shape index (κ2) is 8.68. The van der Waals surface area contributed by atoms with Crippen molar-refractivity contribution in [1.82, 2.24) is 14.7 Å². The lowest BCUT2D eigenvalue weighted by molar-refractivity contribution is -0.138. The second-order valence-electron chi connectivity index (χ2n) is 9.28. The van der Waals surface area contributed by atoms with Gasteiger partial charge in [-0.3, -0.25) is 9.59 Å². The number of benzene rings is 2. The van der Waals surface area contributed by atoms with Crippen LogP contribution in [0.2, 0.25) is 0 Å². The number of fused-ring (bicyclic) bond motifs is 1. The van der Waals surface area contributed by atoms with Crippen molar-refractivity contribution in [2.75, 3.05) is 40.3 Å². The Morgan fingerprint density at radius 3 is 2.50 bits per heavy atom. The van der Waals surface area contributed by atoms with Crippen LogP contribution in [-0.2, 0) is 9.53 Å². The Bertz CT molecular complexity index is 1200. The van der Waals surface area contributed by atoms with Crippen LogP contribution in [0.25, 0.3) is 11.8 Å². The molecule has 0 spiro atoms. The Kier molecular flexibility index (Phi) is 5.69. The van der Waals surface area contributed by atoms with Gasteiger partial charge in [0.05, 0.1) is 17.0 Å². The van der Waals surface area contributed by atoms with Crippen molar-refractivity contribution in [1.29, 1.82) is 0 Å². The number of cyclic esters (lactones) is 1. The fourth-order valence-corrected chi connectivity index (χ4v) is 4.73. The number of rotatable bonds is 4. The lowest BCUT2D eigenvalue weighted by Crippen LogP contribution is -2.56. The Balaban J connectivity index is 1.27. The van der Waals surface area contributed by atoms with Crippen LogP contribution in [0, 0.1) is 11.7 Å². The van der Waals surface area contributed by atoms with Gasteiger partial charge in [-0.05, 0) is 50.4 Å². The highest BCUT2D eigenvalue weighted by Gasteiger charge is 2.40. The topological polar surface area (TPSA) is 70.2 Å². The number of carbonyl (C=O) groups is 3. The van der Waals surface area contributed by atoms with Crippen LogP contribution < -0.4 is 0 Å². The van der Waals surface area contributed by atoms with Crippen LogP contribution in [0.3, 0.4) is 0 Å². The Morgan fingerprint density at radius 1 is 1.06 bits per heavy atom. The molecule has 5 rings (SSSR count). The minimum absolute atomic E-state index is 0.0632. The molecule has 0 N–H and O–H groups in total. The van der Waals surface area contributed by atoms with Gasteiger partial charge in [0.25, 0.3) is 5.91 Å². The molecule has 3 aliphatic rings. The van der Waals surface area contributed by atoms with Crippen molar-refractivity contribution >= 4 is 29.6 Å². The van der Waals surface area contributed by atoms with Gasteiger partial charge in [0.2, 0.25) is 5.91 Å². The summed E-state index contributed by atoms with van der Waals surface area (Å²) in [6.45, 7) is 2.01. The van der Waals surface area contributed by atoms with Crippen molar-refractivity contribution in [3.8, 4) is 0 Å². The summed E-state index contributed by atoms with van der Waals surface area (Å²) in [6.07, 6.45) is 2.57. The van der Waals surface area contributed by atoms with Gasteiger partial charge in [0, 0.05) is 37.8 Å². The second-order valence-corrected chi connectivity index (χ2v) is 9.28. The van der Waals surface area contributed by atoms with Crippen molar-refractivity contribution < 1.29 is 23.5 Å². The zero-order valence-electron chi connectivity index (χ0n) is 19.2. The van der Waals surface area contributed by atoms with Gasteiger partial charge in [-0.1, -0.05) is 24.3 Å². The summed E-state index contributed by atoms with van der Waals surface area (Å²) in [5.74, 6) is -1.33. The first kappa shape index (κ1) is 22.3. The first-order valence-electron chi connectivity index (χ1n) is 11.4. The maximum atomic E-state index is 14.5. The first-order chi connectivity index (χ1) is 16.3. The molecule has 0 saturated carbocycles. The molecular weight excluding hydrogens is 437 g/mol. The number of nitrogens with zero attached hydrogens (tertiary/aromatic N) is 3. The molecule has 0 unspecified atom stereocenters. The number of likely N-dealkylation sites (N-methyl/N-ethyl adjacent to an activating group) is 1. The highest BCUT2D eigenvalue weighted by molar-refractivity contribution is 6.06. The molecule has 176 valence electrons. The van der Waals surface area contributed by atoms with Crippen LogP contribution in [0.1, 0.15) is 38.3 Å². The van der Waals surface area contributed by atoms with Crippen LogP contribution >= 0.6 is 0 Å². The number of halogens is 1. The fraction of sp³-hybridized carbons (Fsp3) is 0.346. The predicted molar refractivity (Wildman–Crippen MR) is 124 cm³/mol. The van der Waals surface area contributed by atoms with Gasteiger partial charge in [-0.15, -0.1) is 0 Å². The van der Waals surface area contributed by atoms with E-state index in [1.54, 1.807) is 30.3 Å². The van der Waals surface area contributed by atoms with Gasteiger partial charge in [0.15, 0.2) is 0 Å². The van der Waals surface area contributed by atoms with Crippen molar-refractivity contribution in [3.05, 3.63) is 70.5 Å². The van der Waals surface area contributed by atoms with E-state index in [2.05, 4.69) is 4.90 Å². The molecule has 8 heteroatoms. The Morgan fingerprint density at radius 2 is 1.79 bits per heavy atom. The monoisotopic (exact) mass is 463 g/mol. The molecule has 0 bridgehead atoms. The van der Waals surface area contributed by atoms with Crippen molar-refractivity contribution in [3.63, 3.8) is 0 Å². The number of hydrogen-bond acceptors (Lipinski definition) is 5. The highest BCUT2D eigenvalue weighted by Crippen LogP contribution is 2.32. The molecule has 2 amide bonds. The molecule has 1 atom stereocenters. The summed E-state index contributed by atoms with van der Waals surface area (Å²) in [5.41, 5.74) is 1.61. The lowest BCUT2D eigenvalue weighted by atomic mass is 9.96. The lowest BCUT2D eigenvalue weighted by Gasteiger charge is -2.40. The van der Waals surface area contributed by atoms with E-state index < -0.39 is 17.7 Å². The molecule has 7 nitrogen and oxygen atoms in total. The number of ether oxygens (including phenoxy) is 1. The van der Waals surface area contributed by atoms with Gasteiger partial charge >= 0.3 is 5.97 Å². The molecule has 2 aromatic carbocycles. The number of hydrogen-bond donors (Lipinski definition) is 0. The third kappa shape index (κ3) is 3.98. The van der Waals surface area contributed by atoms with Gasteiger partial charge in [-0.25, -0.2) is 9.18 Å². The standard InChI is InChI=1S/C26H26FN3O4/c1-28(2)18-9-10-29(15-18)24(31)17-13-30(14-17)25(32)21-11-16(7-8-22(21)27)12-23-19-5-3-4-6-20(19)26(33)34-23/h3-8,11-12,17-18H,9-10,13-15H2,1-2H3/t18-/m1/s1.